The maximum absolute atomic E-state index is 12.7. The van der Waals surface area contributed by atoms with E-state index in [2.05, 4.69) is 20.2 Å². The van der Waals surface area contributed by atoms with Gasteiger partial charge in [-0.15, -0.1) is 0 Å². The molecule has 32 heavy (non-hydrogen) atoms. The zero-order valence-corrected chi connectivity index (χ0v) is 18.8. The number of amides is 1. The Balaban J connectivity index is 1.66. The van der Waals surface area contributed by atoms with Crippen molar-refractivity contribution >= 4 is 45.0 Å². The summed E-state index contributed by atoms with van der Waals surface area (Å²) in [6.45, 7) is 0.152. The molecular formula is C19H18Cl2N6O4S. The molecule has 0 saturated heterocycles. The largest absolute Gasteiger partial charge is 0.468 e. The first-order chi connectivity index (χ1) is 15.2. The first-order valence-electron chi connectivity index (χ1n) is 9.25. The Labute approximate surface area is 193 Å². The monoisotopic (exact) mass is 496 g/mol. The summed E-state index contributed by atoms with van der Waals surface area (Å²) in [6, 6.07) is 7.53. The number of aromatic amines is 1. The van der Waals surface area contributed by atoms with Gasteiger partial charge in [0.1, 0.15) is 22.3 Å². The van der Waals surface area contributed by atoms with Crippen LogP contribution in [0.4, 0.5) is 5.82 Å². The smallest absolute Gasteiger partial charge is 0.252 e. The van der Waals surface area contributed by atoms with Crippen molar-refractivity contribution in [3.05, 3.63) is 63.2 Å². The Bertz CT molecular complexity index is 1270. The number of carbonyl (C=O) groups is 1. The second-order valence-electron chi connectivity index (χ2n) is 6.60. The molecule has 0 unspecified atom stereocenters. The molecular weight excluding hydrogens is 479 g/mol. The van der Waals surface area contributed by atoms with Gasteiger partial charge in [-0.1, -0.05) is 23.2 Å². The van der Waals surface area contributed by atoms with Crippen LogP contribution in [0, 0.1) is 11.3 Å². The van der Waals surface area contributed by atoms with Crippen LogP contribution >= 0.6 is 23.2 Å². The van der Waals surface area contributed by atoms with Gasteiger partial charge >= 0.3 is 0 Å². The molecule has 0 spiro atoms. The Morgan fingerprint density at radius 3 is 2.78 bits per heavy atom. The van der Waals surface area contributed by atoms with E-state index in [4.69, 9.17) is 38.6 Å². The topological polar surface area (TPSA) is 167 Å². The fourth-order valence-corrected chi connectivity index (χ4v) is 4.68. The number of anilines is 1. The van der Waals surface area contributed by atoms with Gasteiger partial charge in [0.05, 0.1) is 34.1 Å². The molecule has 2 heterocycles. The molecule has 5 N–H and O–H groups in total. The maximum atomic E-state index is 12.7. The number of aromatic nitrogens is 2. The number of rotatable bonds is 9. The third-order valence-electron chi connectivity index (χ3n) is 4.44. The molecule has 10 nitrogen and oxygen atoms in total. The van der Waals surface area contributed by atoms with Crippen molar-refractivity contribution in [3.63, 3.8) is 0 Å². The minimum atomic E-state index is -4.04. The van der Waals surface area contributed by atoms with E-state index in [1.54, 1.807) is 12.1 Å². The molecule has 0 aliphatic rings. The van der Waals surface area contributed by atoms with E-state index in [-0.39, 0.29) is 45.0 Å². The van der Waals surface area contributed by atoms with Gasteiger partial charge in [0, 0.05) is 6.54 Å². The molecule has 3 aromatic rings. The van der Waals surface area contributed by atoms with Crippen molar-refractivity contribution in [2.75, 3.05) is 12.3 Å². The average molecular weight is 497 g/mol. The number of aryl methyl sites for hydroxylation is 1. The van der Waals surface area contributed by atoms with Crippen molar-refractivity contribution in [2.45, 2.75) is 24.3 Å². The predicted octanol–water partition coefficient (Wildman–Crippen LogP) is 2.60. The molecule has 0 aliphatic carbocycles. The minimum Gasteiger partial charge on any atom is -0.468 e. The summed E-state index contributed by atoms with van der Waals surface area (Å²) in [7, 11) is -4.04. The van der Waals surface area contributed by atoms with Gasteiger partial charge in [0.2, 0.25) is 10.0 Å². The molecule has 0 radical (unpaired) electrons. The summed E-state index contributed by atoms with van der Waals surface area (Å²) in [5.41, 5.74) is 6.39. The number of benzene rings is 1. The Morgan fingerprint density at radius 2 is 2.09 bits per heavy atom. The summed E-state index contributed by atoms with van der Waals surface area (Å²) in [4.78, 5) is 12.3. The number of nitrogens with two attached hydrogens (primary N) is 1. The Morgan fingerprint density at radius 1 is 1.31 bits per heavy atom. The molecule has 13 heteroatoms. The molecule has 168 valence electrons. The van der Waals surface area contributed by atoms with Gasteiger partial charge in [0.25, 0.3) is 5.91 Å². The van der Waals surface area contributed by atoms with E-state index < -0.39 is 15.9 Å². The first kappa shape index (κ1) is 23.6. The number of halogens is 2. The van der Waals surface area contributed by atoms with Crippen LogP contribution in [0.5, 0.6) is 0 Å². The van der Waals surface area contributed by atoms with Crippen LogP contribution in [0.25, 0.3) is 0 Å². The summed E-state index contributed by atoms with van der Waals surface area (Å²) < 4.78 is 32.8. The zero-order chi connectivity index (χ0) is 23.3. The quantitative estimate of drug-likeness (QED) is 0.330. The Hall–Kier alpha value is -3.04. The number of nitriles is 1. The van der Waals surface area contributed by atoms with Crippen molar-refractivity contribution in [2.24, 2.45) is 0 Å². The predicted molar refractivity (Wildman–Crippen MR) is 118 cm³/mol. The highest BCUT2D eigenvalue weighted by Gasteiger charge is 2.23. The summed E-state index contributed by atoms with van der Waals surface area (Å²) in [5, 5.41) is 18.1. The van der Waals surface area contributed by atoms with Crippen LogP contribution in [0.3, 0.4) is 0 Å². The highest BCUT2D eigenvalue weighted by atomic mass is 35.5. The molecule has 0 bridgehead atoms. The SMILES string of the molecule is N#Cc1c(N)n[nH]c1CCCNC(=O)c1cc(S(=O)(=O)NCc2ccco2)c(Cl)cc1Cl. The van der Waals surface area contributed by atoms with Crippen LogP contribution < -0.4 is 15.8 Å². The molecule has 0 fully saturated rings. The number of nitrogens with one attached hydrogen (secondary N) is 3. The normalized spacial score (nSPS) is 11.3. The maximum Gasteiger partial charge on any atom is 0.252 e. The second kappa shape index (κ2) is 10.1. The highest BCUT2D eigenvalue weighted by Crippen LogP contribution is 2.29. The van der Waals surface area contributed by atoms with Gasteiger partial charge in [-0.25, -0.2) is 13.1 Å². The molecule has 0 aliphatic heterocycles. The standard InChI is InChI=1S/C19H18Cl2N6O4S/c20-14-8-15(21)17(32(29,30)25-10-11-3-2-6-31-11)7-12(14)19(28)24-5-1-4-16-13(9-22)18(23)27-26-16/h2-3,6-8,25H,1,4-5,10H2,(H,24,28)(H3,23,26,27). The molecule has 1 amide bonds. The van der Waals surface area contributed by atoms with Crippen LogP contribution in [-0.2, 0) is 23.0 Å². The van der Waals surface area contributed by atoms with Gasteiger partial charge < -0.3 is 15.5 Å². The number of sulfonamides is 1. The van der Waals surface area contributed by atoms with Gasteiger partial charge in [-0.2, -0.15) is 10.4 Å². The van der Waals surface area contributed by atoms with Gasteiger partial charge in [-0.05, 0) is 37.1 Å². The minimum absolute atomic E-state index is 0.00518. The summed E-state index contributed by atoms with van der Waals surface area (Å²) in [5.74, 6) is -0.0390. The van der Waals surface area contributed by atoms with E-state index in [0.717, 1.165) is 6.07 Å². The number of hydrogen-bond acceptors (Lipinski definition) is 7. The average Bonchev–Trinajstić information content (AvgIpc) is 3.39. The Kier molecular flexibility index (Phi) is 7.42. The summed E-state index contributed by atoms with van der Waals surface area (Å²) >= 11 is 12.2. The van der Waals surface area contributed by atoms with Crippen LogP contribution in [0.15, 0.2) is 39.8 Å². The van der Waals surface area contributed by atoms with Crippen LogP contribution in [0.1, 0.15) is 33.8 Å². The number of nitrogen functional groups attached to an aromatic ring is 1. The lowest BCUT2D eigenvalue weighted by atomic mass is 10.1. The van der Waals surface area contributed by atoms with E-state index in [0.29, 0.717) is 24.3 Å². The molecule has 3 rings (SSSR count). The molecule has 0 atom stereocenters. The van der Waals surface area contributed by atoms with Crippen LogP contribution in [-0.4, -0.2) is 31.1 Å². The third-order valence-corrected chi connectivity index (χ3v) is 6.62. The molecule has 2 aromatic heterocycles. The first-order valence-corrected chi connectivity index (χ1v) is 11.5. The molecule has 1 aromatic carbocycles. The van der Waals surface area contributed by atoms with Gasteiger partial charge in [0.15, 0.2) is 5.82 Å². The highest BCUT2D eigenvalue weighted by molar-refractivity contribution is 7.89. The van der Waals surface area contributed by atoms with Crippen molar-refractivity contribution in [1.29, 1.82) is 5.26 Å². The lowest BCUT2D eigenvalue weighted by molar-refractivity contribution is 0.0953. The number of H-pyrrole nitrogens is 1. The van der Waals surface area contributed by atoms with Crippen molar-refractivity contribution < 1.29 is 17.6 Å². The zero-order valence-electron chi connectivity index (χ0n) is 16.5. The fourth-order valence-electron chi connectivity index (χ4n) is 2.83. The van der Waals surface area contributed by atoms with E-state index >= 15 is 0 Å². The van der Waals surface area contributed by atoms with Crippen LogP contribution in [0.2, 0.25) is 10.0 Å². The number of hydrogen-bond donors (Lipinski definition) is 4. The lowest BCUT2D eigenvalue weighted by Crippen LogP contribution is -2.27. The lowest BCUT2D eigenvalue weighted by Gasteiger charge is -2.12. The van der Waals surface area contributed by atoms with E-state index in [9.17, 15) is 13.2 Å². The van der Waals surface area contributed by atoms with E-state index in [1.807, 2.05) is 6.07 Å². The van der Waals surface area contributed by atoms with Gasteiger partial charge in [-0.3, -0.25) is 9.89 Å². The number of nitrogens with zero attached hydrogens (tertiary/aromatic N) is 2. The number of furan rings is 1. The second-order valence-corrected chi connectivity index (χ2v) is 9.15. The fraction of sp³-hybridized carbons (Fsp3) is 0.211. The van der Waals surface area contributed by atoms with Crippen molar-refractivity contribution in [3.8, 4) is 6.07 Å². The molecule has 0 saturated carbocycles. The van der Waals surface area contributed by atoms with Crippen molar-refractivity contribution in [1.82, 2.24) is 20.2 Å². The number of carbonyl (C=O) groups excluding carboxylic acids is 1. The van der Waals surface area contributed by atoms with E-state index in [1.165, 1.54) is 12.3 Å². The summed E-state index contributed by atoms with van der Waals surface area (Å²) in [6.07, 6.45) is 2.32. The third kappa shape index (κ3) is 5.41.